The van der Waals surface area contributed by atoms with Gasteiger partial charge in [0.25, 0.3) is 0 Å². The van der Waals surface area contributed by atoms with Crippen LogP contribution in [-0.2, 0) is 4.79 Å². The highest BCUT2D eigenvalue weighted by atomic mass is 16.4. The maximum absolute atomic E-state index is 10.8. The average molecular weight is 296 g/mol. The third kappa shape index (κ3) is 4.68. The zero-order chi connectivity index (χ0) is 15.4. The minimum absolute atomic E-state index is 0.188. The molecule has 0 heterocycles. The second kappa shape index (κ2) is 7.59. The summed E-state index contributed by atoms with van der Waals surface area (Å²) in [6, 6.07) is 1.77. The van der Waals surface area contributed by atoms with Gasteiger partial charge in [0.15, 0.2) is 0 Å². The molecule has 0 bridgehead atoms. The van der Waals surface area contributed by atoms with Crippen LogP contribution in [0.3, 0.4) is 0 Å². The Morgan fingerprint density at radius 2 is 1.81 bits per heavy atom. The van der Waals surface area contributed by atoms with Crippen LogP contribution in [0, 0.1) is 11.8 Å². The van der Waals surface area contributed by atoms with E-state index in [1.807, 2.05) is 0 Å². The fourth-order valence-corrected chi connectivity index (χ4v) is 3.98. The van der Waals surface area contributed by atoms with E-state index >= 15 is 0 Å². The second-order valence-corrected chi connectivity index (χ2v) is 7.30. The van der Waals surface area contributed by atoms with Crippen molar-refractivity contribution in [3.05, 3.63) is 0 Å². The van der Waals surface area contributed by atoms with Crippen molar-refractivity contribution in [1.82, 2.24) is 10.2 Å². The lowest BCUT2D eigenvalue weighted by Gasteiger charge is -2.44. The van der Waals surface area contributed by atoms with Gasteiger partial charge in [0.1, 0.15) is 0 Å². The molecule has 0 aromatic carbocycles. The first-order chi connectivity index (χ1) is 9.99. The van der Waals surface area contributed by atoms with Crippen LogP contribution in [0.15, 0.2) is 0 Å². The molecule has 2 aliphatic rings. The van der Waals surface area contributed by atoms with Crippen LogP contribution >= 0.6 is 0 Å². The van der Waals surface area contributed by atoms with E-state index in [-0.39, 0.29) is 6.54 Å². The van der Waals surface area contributed by atoms with Gasteiger partial charge < -0.3 is 10.4 Å². The zero-order valence-electron chi connectivity index (χ0n) is 13.8. The molecule has 2 N–H and O–H groups in total. The van der Waals surface area contributed by atoms with Crippen molar-refractivity contribution in [2.24, 2.45) is 11.8 Å². The van der Waals surface area contributed by atoms with Crippen LogP contribution in [-0.4, -0.2) is 47.2 Å². The van der Waals surface area contributed by atoms with E-state index in [0.29, 0.717) is 18.1 Å². The molecule has 2 saturated carbocycles. The Bertz CT molecular complexity index is 332. The molecule has 0 atom stereocenters. The fraction of sp³-hybridized carbons (Fsp3) is 0.941. The van der Waals surface area contributed by atoms with E-state index in [1.54, 1.807) is 0 Å². The van der Waals surface area contributed by atoms with E-state index in [0.717, 1.165) is 31.2 Å². The minimum Gasteiger partial charge on any atom is -0.480 e. The van der Waals surface area contributed by atoms with E-state index in [2.05, 4.69) is 31.0 Å². The third-order valence-electron chi connectivity index (χ3n) is 5.56. The quantitative estimate of drug-likeness (QED) is 0.758. The molecule has 122 valence electrons. The molecule has 2 rings (SSSR count). The molecular formula is C17H32N2O2. The summed E-state index contributed by atoms with van der Waals surface area (Å²) >= 11 is 0. The Balaban J connectivity index is 1.65. The number of rotatable bonds is 7. The lowest BCUT2D eigenvalue weighted by atomic mass is 9.78. The van der Waals surface area contributed by atoms with Crippen molar-refractivity contribution in [2.75, 3.05) is 13.1 Å². The number of likely N-dealkylation sites (N-methyl/N-ethyl adjacent to an activating group) is 1. The number of carboxylic acids is 1. The van der Waals surface area contributed by atoms with Gasteiger partial charge in [-0.2, -0.15) is 0 Å². The summed E-state index contributed by atoms with van der Waals surface area (Å²) in [6.07, 6.45) is 7.60. The van der Waals surface area contributed by atoms with Gasteiger partial charge in [-0.25, -0.2) is 0 Å². The van der Waals surface area contributed by atoms with Gasteiger partial charge in [-0.1, -0.05) is 20.8 Å². The molecular weight excluding hydrogens is 264 g/mol. The van der Waals surface area contributed by atoms with Crippen molar-refractivity contribution in [2.45, 2.75) is 77.4 Å². The highest BCUT2D eigenvalue weighted by Gasteiger charge is 2.35. The van der Waals surface area contributed by atoms with Crippen LogP contribution in [0.2, 0.25) is 0 Å². The highest BCUT2D eigenvalue weighted by Crippen LogP contribution is 2.32. The number of nitrogens with one attached hydrogen (secondary N) is 1. The average Bonchev–Trinajstić information content (AvgIpc) is 2.40. The summed E-state index contributed by atoms with van der Waals surface area (Å²) < 4.78 is 0. The Morgan fingerprint density at radius 1 is 1.19 bits per heavy atom. The van der Waals surface area contributed by atoms with Gasteiger partial charge in [-0.05, 0) is 56.9 Å². The van der Waals surface area contributed by atoms with Crippen molar-refractivity contribution in [3.8, 4) is 0 Å². The van der Waals surface area contributed by atoms with E-state index in [9.17, 15) is 4.79 Å². The molecule has 0 spiro atoms. The second-order valence-electron chi connectivity index (χ2n) is 7.30. The summed E-state index contributed by atoms with van der Waals surface area (Å²) in [7, 11) is 0. The molecule has 0 saturated heterocycles. The standard InChI is InChI=1S/C17H32N2O2/c1-4-19(11-17(20)21)16-9-15(10-16)18-14-7-5-13(6-8-14)12(2)3/h12-16,18H,4-11H2,1-3H3,(H,20,21). The number of nitrogens with zero attached hydrogens (tertiary/aromatic N) is 1. The molecule has 0 unspecified atom stereocenters. The lowest BCUT2D eigenvalue weighted by Crippen LogP contribution is -2.56. The Kier molecular flexibility index (Phi) is 6.06. The van der Waals surface area contributed by atoms with E-state index in [1.165, 1.54) is 25.7 Å². The maximum Gasteiger partial charge on any atom is 0.317 e. The van der Waals surface area contributed by atoms with E-state index in [4.69, 9.17) is 5.11 Å². The van der Waals surface area contributed by atoms with Gasteiger partial charge in [0, 0.05) is 18.1 Å². The number of aliphatic carboxylic acids is 1. The predicted molar refractivity (Wildman–Crippen MR) is 85.4 cm³/mol. The number of hydrogen-bond donors (Lipinski definition) is 2. The monoisotopic (exact) mass is 296 g/mol. The molecule has 4 nitrogen and oxygen atoms in total. The van der Waals surface area contributed by atoms with Crippen LogP contribution in [0.1, 0.15) is 59.3 Å². The minimum atomic E-state index is -0.708. The van der Waals surface area contributed by atoms with Crippen LogP contribution < -0.4 is 5.32 Å². The largest absolute Gasteiger partial charge is 0.480 e. The van der Waals surface area contributed by atoms with Gasteiger partial charge in [-0.3, -0.25) is 9.69 Å². The number of carbonyl (C=O) groups is 1. The van der Waals surface area contributed by atoms with Crippen LogP contribution in [0.25, 0.3) is 0 Å². The first kappa shape index (κ1) is 16.8. The Labute approximate surface area is 129 Å². The molecule has 21 heavy (non-hydrogen) atoms. The normalized spacial score (nSPS) is 33.2. The Morgan fingerprint density at radius 3 is 2.29 bits per heavy atom. The van der Waals surface area contributed by atoms with E-state index < -0.39 is 5.97 Å². The summed E-state index contributed by atoms with van der Waals surface area (Å²) in [4.78, 5) is 12.9. The van der Waals surface area contributed by atoms with Crippen molar-refractivity contribution in [1.29, 1.82) is 0 Å². The van der Waals surface area contributed by atoms with Gasteiger partial charge >= 0.3 is 5.97 Å². The predicted octanol–water partition coefficient (Wildman–Crippen LogP) is 2.73. The molecule has 2 aliphatic carbocycles. The van der Waals surface area contributed by atoms with Crippen LogP contribution in [0.5, 0.6) is 0 Å². The summed E-state index contributed by atoms with van der Waals surface area (Å²) in [5.41, 5.74) is 0. The topological polar surface area (TPSA) is 52.6 Å². The molecule has 0 amide bonds. The lowest BCUT2D eigenvalue weighted by molar-refractivity contribution is -0.139. The van der Waals surface area contributed by atoms with Crippen LogP contribution in [0.4, 0.5) is 0 Å². The summed E-state index contributed by atoms with van der Waals surface area (Å²) in [6.45, 7) is 7.76. The first-order valence-electron chi connectivity index (χ1n) is 8.71. The van der Waals surface area contributed by atoms with Gasteiger partial charge in [0.05, 0.1) is 6.54 Å². The highest BCUT2D eigenvalue weighted by molar-refractivity contribution is 5.69. The molecule has 0 radical (unpaired) electrons. The summed E-state index contributed by atoms with van der Waals surface area (Å²) in [5, 5.41) is 12.7. The molecule has 4 heteroatoms. The molecule has 0 aromatic heterocycles. The number of hydrogen-bond acceptors (Lipinski definition) is 3. The maximum atomic E-state index is 10.8. The summed E-state index contributed by atoms with van der Waals surface area (Å²) in [5.74, 6) is 1.04. The number of carboxylic acid groups (broad SMARTS) is 1. The smallest absolute Gasteiger partial charge is 0.317 e. The SMILES string of the molecule is CCN(CC(=O)O)C1CC(NC2CCC(C(C)C)CC2)C1. The molecule has 0 aliphatic heterocycles. The first-order valence-corrected chi connectivity index (χ1v) is 8.71. The molecule has 2 fully saturated rings. The van der Waals surface area contributed by atoms with Crippen molar-refractivity contribution < 1.29 is 9.90 Å². The zero-order valence-corrected chi connectivity index (χ0v) is 13.8. The fourth-order valence-electron chi connectivity index (χ4n) is 3.98. The van der Waals surface area contributed by atoms with Crippen molar-refractivity contribution in [3.63, 3.8) is 0 Å². The molecule has 0 aromatic rings. The van der Waals surface area contributed by atoms with Gasteiger partial charge in [0.2, 0.25) is 0 Å². The van der Waals surface area contributed by atoms with Crippen molar-refractivity contribution >= 4 is 5.97 Å². The Hall–Kier alpha value is -0.610. The van der Waals surface area contributed by atoms with Gasteiger partial charge in [-0.15, -0.1) is 0 Å². The third-order valence-corrected chi connectivity index (χ3v) is 5.56.